The smallest absolute Gasteiger partial charge is 0.409 e. The topological polar surface area (TPSA) is 254 Å². The highest BCUT2D eigenvalue weighted by atomic mass is 35.5. The van der Waals surface area contributed by atoms with Crippen molar-refractivity contribution in [3.05, 3.63) is 112 Å². The first-order valence-electron chi connectivity index (χ1n) is 30.2. The number of esters is 1. The van der Waals surface area contributed by atoms with Gasteiger partial charge in [0.25, 0.3) is 0 Å². The fourth-order valence-corrected chi connectivity index (χ4v) is 11.0. The first kappa shape index (κ1) is 69.1. The molecular formula is C66H85ClN6O16. The summed E-state index contributed by atoms with van der Waals surface area (Å²) in [6.07, 6.45) is 2.73. The van der Waals surface area contributed by atoms with Crippen molar-refractivity contribution >= 4 is 64.6 Å². The van der Waals surface area contributed by atoms with E-state index in [4.69, 9.17) is 49.5 Å². The van der Waals surface area contributed by atoms with Gasteiger partial charge in [-0.05, 0) is 75.1 Å². The molecule has 2 fully saturated rings. The lowest BCUT2D eigenvalue weighted by Crippen LogP contribution is -2.57. The molecular weight excluding hydrogens is 1170 g/mol. The number of hydrogen-bond acceptors (Lipinski definition) is 16. The fourth-order valence-electron chi connectivity index (χ4n) is 10.7. The first-order chi connectivity index (χ1) is 42.6. The van der Waals surface area contributed by atoms with Crippen molar-refractivity contribution in [2.45, 2.75) is 128 Å². The Labute approximate surface area is 526 Å². The van der Waals surface area contributed by atoms with E-state index in [9.17, 15) is 38.7 Å². The van der Waals surface area contributed by atoms with E-state index in [1.54, 1.807) is 57.1 Å². The molecule has 23 heteroatoms. The number of para-hydroxylation sites is 1. The van der Waals surface area contributed by atoms with Crippen LogP contribution in [-0.4, -0.2) is 186 Å². The number of halogens is 1. The van der Waals surface area contributed by atoms with E-state index in [-0.39, 0.29) is 93.9 Å². The minimum atomic E-state index is -1.62. The van der Waals surface area contributed by atoms with Crippen molar-refractivity contribution in [3.63, 3.8) is 0 Å². The average Bonchev–Trinajstić information content (AvgIpc) is 1.70. The van der Waals surface area contributed by atoms with Gasteiger partial charge in [0.2, 0.25) is 29.5 Å². The second-order valence-electron chi connectivity index (χ2n) is 23.0. The molecule has 0 spiro atoms. The van der Waals surface area contributed by atoms with Gasteiger partial charge < -0.3 is 67.9 Å². The Bertz CT molecular complexity index is 3130. The molecule has 22 nitrogen and oxygen atoms in total. The zero-order valence-corrected chi connectivity index (χ0v) is 53.0. The number of benzene rings is 3. The van der Waals surface area contributed by atoms with Gasteiger partial charge in [-0.25, -0.2) is 9.59 Å². The highest BCUT2D eigenvalue weighted by Gasteiger charge is 2.64. The molecule has 7 atom stereocenters. The molecule has 482 valence electrons. The summed E-state index contributed by atoms with van der Waals surface area (Å²) in [5, 5.41) is 17.1. The van der Waals surface area contributed by atoms with Gasteiger partial charge in [0.15, 0.2) is 0 Å². The Balaban J connectivity index is 0.758. The molecule has 4 heterocycles. The maximum atomic E-state index is 14.3. The van der Waals surface area contributed by atoms with Crippen molar-refractivity contribution in [3.8, 4) is 17.6 Å². The maximum Gasteiger partial charge on any atom is 0.409 e. The van der Waals surface area contributed by atoms with E-state index in [0.29, 0.717) is 70.6 Å². The number of nitrogens with zero attached hydrogens (tertiary/aromatic N) is 4. The van der Waals surface area contributed by atoms with Crippen molar-refractivity contribution in [1.82, 2.24) is 20.4 Å². The predicted octanol–water partition coefficient (Wildman–Crippen LogP) is 6.43. The van der Waals surface area contributed by atoms with Crippen LogP contribution in [0.2, 0.25) is 5.02 Å². The number of methoxy groups -OCH3 is 1. The molecule has 7 rings (SSSR count). The monoisotopic (exact) mass is 1250 g/mol. The zero-order chi connectivity index (χ0) is 64.3. The van der Waals surface area contributed by atoms with Crippen LogP contribution < -0.4 is 25.2 Å². The van der Waals surface area contributed by atoms with E-state index < -0.39 is 65.5 Å². The van der Waals surface area contributed by atoms with Crippen LogP contribution >= 0.6 is 11.6 Å². The number of ether oxygens (including phenoxy) is 8. The third-order valence-electron chi connectivity index (χ3n) is 16.4. The van der Waals surface area contributed by atoms with Crippen LogP contribution in [0.25, 0.3) is 0 Å². The number of carbonyl (C=O) groups excluding carboxylic acids is 7. The van der Waals surface area contributed by atoms with Crippen molar-refractivity contribution < 1.29 is 76.6 Å². The van der Waals surface area contributed by atoms with Crippen LogP contribution in [0.1, 0.15) is 101 Å². The minimum absolute atomic E-state index is 0.0295. The number of likely N-dealkylation sites (N-methyl/N-ethyl adjacent to an activating group) is 2. The van der Waals surface area contributed by atoms with E-state index >= 15 is 0 Å². The number of epoxide rings is 1. The lowest BCUT2D eigenvalue weighted by molar-refractivity contribution is -0.162. The van der Waals surface area contributed by atoms with Gasteiger partial charge in [-0.3, -0.25) is 29.3 Å². The highest BCUT2D eigenvalue weighted by Crippen LogP contribution is 2.49. The van der Waals surface area contributed by atoms with Gasteiger partial charge in [-0.2, -0.15) is 0 Å². The highest BCUT2D eigenvalue weighted by molar-refractivity contribution is 6.35. The van der Waals surface area contributed by atoms with Crippen LogP contribution in [-0.2, 0) is 74.9 Å². The lowest BCUT2D eigenvalue weighted by atomic mass is 9.84. The standard InChI is InChI=1S/C66H85ClN6O16/c1-44-16-13-14-27-66(81)42-54(87-64(80)69-66)45(2)62-65(4,89-62)55(41-60(78)72(7)52-39-47(38-44)40-53(82-8)61(52)67)88-63(79)46(3)71(6)58(76)22-15-21-57(75)70(5)29-31-84-33-35-86-37-36-85-34-32-83-30-26-56(74)68-28-25-59(77)73-43-50-19-10-9-17-48(50)23-24-49-18-11-12-20-51(49)73/h9-14,16-20,39-40,45-46,54-55,62,81H,15,21-22,25-38,41-43H2,1-8H3,(H,68,74)(H,69,80)/b14-13+,44-16-/t45-,46+,54+,55+,62+,65+,66-/m1/s1. The van der Waals surface area contributed by atoms with Crippen LogP contribution in [0.15, 0.2) is 84.5 Å². The summed E-state index contributed by atoms with van der Waals surface area (Å²) in [6, 6.07) is 17.8. The van der Waals surface area contributed by atoms with Crippen molar-refractivity contribution in [2.75, 3.05) is 104 Å². The maximum absolute atomic E-state index is 14.3. The van der Waals surface area contributed by atoms with E-state index in [1.165, 1.54) is 35.8 Å². The summed E-state index contributed by atoms with van der Waals surface area (Å²) in [4.78, 5) is 99.4. The Morgan fingerprint density at radius 3 is 2.25 bits per heavy atom. The Morgan fingerprint density at radius 1 is 0.876 bits per heavy atom. The van der Waals surface area contributed by atoms with Crippen molar-refractivity contribution in [2.24, 2.45) is 5.92 Å². The Morgan fingerprint density at radius 2 is 1.53 bits per heavy atom. The number of hydrogen-bond donors (Lipinski definition) is 3. The molecule has 0 aromatic heterocycles. The number of allylic oxidation sites excluding steroid dienone is 3. The summed E-state index contributed by atoms with van der Waals surface area (Å²) in [7, 11) is 6.16. The summed E-state index contributed by atoms with van der Waals surface area (Å²) >= 11 is 6.81. The summed E-state index contributed by atoms with van der Waals surface area (Å²) in [5.41, 5.74) is 2.59. The summed E-state index contributed by atoms with van der Waals surface area (Å²) in [6.45, 7) is 10.2. The van der Waals surface area contributed by atoms with Gasteiger partial charge in [0, 0.05) is 89.8 Å². The third kappa shape index (κ3) is 19.6. The van der Waals surface area contributed by atoms with Gasteiger partial charge >= 0.3 is 12.1 Å². The number of aliphatic hydroxyl groups is 1. The number of anilines is 2. The van der Waals surface area contributed by atoms with Crippen LogP contribution in [0.3, 0.4) is 0 Å². The van der Waals surface area contributed by atoms with Crippen LogP contribution in [0, 0.1) is 17.8 Å². The SMILES string of the molecule is COc1cc2cc(c1Cl)N(C)C(=O)C[C@H](OC(=O)[C@H](C)N(C)C(=O)CCCC(=O)N(C)CCOCCOCCOCCOCCC(=O)NCCC(=O)N1Cc3ccccc3C#Cc3ccccc31)[C@]1(C)O[C@H]1[C@H](C)[C@@H]1C[C@](O)(C/C=C/C=C(/C)C2)NC(=O)O1. The zero-order valence-electron chi connectivity index (χ0n) is 52.3. The molecule has 6 amide bonds. The van der Waals surface area contributed by atoms with E-state index in [1.807, 2.05) is 61.5 Å². The third-order valence-corrected chi connectivity index (χ3v) is 16.7. The first-order valence-corrected chi connectivity index (χ1v) is 30.6. The predicted molar refractivity (Wildman–Crippen MR) is 332 cm³/mol. The van der Waals surface area contributed by atoms with E-state index in [0.717, 1.165) is 33.5 Å². The molecule has 0 radical (unpaired) electrons. The molecule has 0 saturated carbocycles. The van der Waals surface area contributed by atoms with Gasteiger partial charge in [-0.1, -0.05) is 84.5 Å². The number of alkyl carbamates (subject to hydrolysis) is 1. The van der Waals surface area contributed by atoms with Crippen LogP contribution in [0.4, 0.5) is 16.2 Å². The second kappa shape index (κ2) is 32.9. The average molecular weight is 1250 g/mol. The Kier molecular flexibility index (Phi) is 25.6. The Hall–Kier alpha value is -7.36. The molecule has 3 N–H and O–H groups in total. The van der Waals surface area contributed by atoms with Crippen molar-refractivity contribution in [1.29, 1.82) is 0 Å². The second-order valence-corrected chi connectivity index (χ2v) is 23.4. The van der Waals surface area contributed by atoms with Gasteiger partial charge in [-0.15, -0.1) is 0 Å². The number of rotatable bonds is 26. The minimum Gasteiger partial charge on any atom is -0.495 e. The molecule has 4 aliphatic heterocycles. The number of carbonyl (C=O) groups is 7. The molecule has 0 aliphatic carbocycles. The molecule has 0 unspecified atom stereocenters. The molecule has 3 aromatic rings. The molecule has 89 heavy (non-hydrogen) atoms. The van der Waals surface area contributed by atoms with Gasteiger partial charge in [0.1, 0.15) is 40.3 Å². The van der Waals surface area contributed by atoms with Crippen LogP contribution in [0.5, 0.6) is 5.75 Å². The summed E-state index contributed by atoms with van der Waals surface area (Å²) in [5.74, 6) is 4.05. The molecule has 2 saturated heterocycles. The normalized spacial score (nSPS) is 22.7. The largest absolute Gasteiger partial charge is 0.495 e. The van der Waals surface area contributed by atoms with Gasteiger partial charge in [0.05, 0.1) is 90.4 Å². The number of nitrogens with one attached hydrogen (secondary N) is 2. The molecule has 3 aromatic carbocycles. The molecule has 4 aliphatic rings. The quantitative estimate of drug-likeness (QED) is 0.0339. The fraction of sp³-hybridized carbons (Fsp3) is 0.530. The number of amides is 6. The summed E-state index contributed by atoms with van der Waals surface area (Å²) < 4.78 is 46.1. The molecule has 4 bridgehead atoms. The van der Waals surface area contributed by atoms with E-state index in [2.05, 4.69) is 22.5 Å². The number of fused-ring (bicyclic) bond motifs is 7. The lowest BCUT2D eigenvalue weighted by Gasteiger charge is -2.39.